The smallest absolute Gasteiger partial charge is 0.255 e. The summed E-state index contributed by atoms with van der Waals surface area (Å²) in [6.07, 6.45) is 0.476. The summed E-state index contributed by atoms with van der Waals surface area (Å²) in [6.45, 7) is 0.626. The number of nitrogens with zero attached hydrogens (tertiary/aromatic N) is 2. The number of anilines is 2. The van der Waals surface area contributed by atoms with E-state index in [0.717, 1.165) is 5.69 Å². The van der Waals surface area contributed by atoms with Crippen LogP contribution in [0.15, 0.2) is 48.5 Å². The molecule has 28 heavy (non-hydrogen) atoms. The second-order valence-electron chi connectivity index (χ2n) is 6.18. The molecule has 1 saturated heterocycles. The fraction of sp³-hybridized carbons (Fsp3) is 0.111. The molecule has 0 spiro atoms. The van der Waals surface area contributed by atoms with E-state index in [1.165, 1.54) is 0 Å². The van der Waals surface area contributed by atoms with Gasteiger partial charge in [0.15, 0.2) is 9.54 Å². The Morgan fingerprint density at radius 3 is 2.36 bits per heavy atom. The summed E-state index contributed by atoms with van der Waals surface area (Å²) < 4.78 is 2.49. The highest BCUT2D eigenvalue weighted by atomic mass is 32.1. The van der Waals surface area contributed by atoms with Gasteiger partial charge in [0.1, 0.15) is 0 Å². The summed E-state index contributed by atoms with van der Waals surface area (Å²) in [7, 11) is 0. The third-order valence-corrected chi connectivity index (χ3v) is 4.88. The SMILES string of the molecule is O=C1CCN(c2ccc(NC(=O)c3cccc(-n4c(=S)[nH][nH]c4=S)c3)cc2)N1. The van der Waals surface area contributed by atoms with Crippen LogP contribution in [-0.4, -0.2) is 33.1 Å². The molecule has 4 rings (SSSR count). The summed E-state index contributed by atoms with van der Waals surface area (Å²) in [5.41, 5.74) is 5.46. The molecule has 1 fully saturated rings. The molecule has 3 aromatic rings. The second-order valence-corrected chi connectivity index (χ2v) is 6.96. The summed E-state index contributed by atoms with van der Waals surface area (Å²) in [6, 6.07) is 14.3. The average molecular weight is 412 g/mol. The number of benzene rings is 2. The summed E-state index contributed by atoms with van der Waals surface area (Å²) in [5.74, 6) is -0.249. The minimum Gasteiger partial charge on any atom is -0.322 e. The van der Waals surface area contributed by atoms with Crippen molar-refractivity contribution in [1.29, 1.82) is 0 Å². The molecule has 2 aromatic carbocycles. The Morgan fingerprint density at radius 2 is 1.71 bits per heavy atom. The number of hydrogen-bond donors (Lipinski definition) is 4. The first kappa shape index (κ1) is 18.1. The molecule has 2 heterocycles. The van der Waals surface area contributed by atoms with Crippen molar-refractivity contribution in [1.82, 2.24) is 20.2 Å². The van der Waals surface area contributed by atoms with Crippen molar-refractivity contribution in [2.75, 3.05) is 16.9 Å². The number of nitrogens with one attached hydrogen (secondary N) is 4. The highest BCUT2D eigenvalue weighted by Crippen LogP contribution is 2.20. The van der Waals surface area contributed by atoms with E-state index in [1.54, 1.807) is 39.9 Å². The molecule has 0 atom stereocenters. The van der Waals surface area contributed by atoms with Gasteiger partial charge in [0.05, 0.1) is 11.4 Å². The Kier molecular flexibility index (Phi) is 4.80. The molecule has 10 heteroatoms. The van der Waals surface area contributed by atoms with Crippen LogP contribution in [0.5, 0.6) is 0 Å². The molecule has 8 nitrogen and oxygen atoms in total. The standard InChI is InChI=1S/C18H16N6O2S2/c25-15-8-9-23(22-15)13-6-4-12(5-7-13)19-16(26)11-2-1-3-14(10-11)24-17(27)20-21-18(24)28/h1-7,10H,8-9H2,(H,19,26)(H,20,27)(H,21,28)(H,22,25). The molecular weight excluding hydrogens is 396 g/mol. The van der Waals surface area contributed by atoms with Gasteiger partial charge in [-0.25, -0.2) is 0 Å². The van der Waals surface area contributed by atoms with Crippen molar-refractivity contribution < 1.29 is 9.59 Å². The lowest BCUT2D eigenvalue weighted by Gasteiger charge is -2.17. The largest absolute Gasteiger partial charge is 0.322 e. The quantitative estimate of drug-likeness (QED) is 0.494. The normalized spacial score (nSPS) is 13.4. The van der Waals surface area contributed by atoms with E-state index in [9.17, 15) is 9.59 Å². The fourth-order valence-corrected chi connectivity index (χ4v) is 3.48. The van der Waals surface area contributed by atoms with Crippen LogP contribution in [0, 0.1) is 9.54 Å². The van der Waals surface area contributed by atoms with Crippen molar-refractivity contribution in [2.45, 2.75) is 6.42 Å². The van der Waals surface area contributed by atoms with E-state index in [0.29, 0.717) is 39.4 Å². The molecule has 1 aliphatic rings. The van der Waals surface area contributed by atoms with Crippen LogP contribution in [0.1, 0.15) is 16.8 Å². The predicted octanol–water partition coefficient (Wildman–Crippen LogP) is 3.09. The van der Waals surface area contributed by atoms with Crippen molar-refractivity contribution >= 4 is 47.6 Å². The Morgan fingerprint density at radius 1 is 1.00 bits per heavy atom. The number of H-pyrrole nitrogens is 2. The monoisotopic (exact) mass is 412 g/mol. The minimum absolute atomic E-state index is 0.000346. The first-order valence-electron chi connectivity index (χ1n) is 8.50. The summed E-state index contributed by atoms with van der Waals surface area (Å²) >= 11 is 10.4. The maximum Gasteiger partial charge on any atom is 0.255 e. The molecule has 0 radical (unpaired) electrons. The van der Waals surface area contributed by atoms with E-state index in [4.69, 9.17) is 24.4 Å². The zero-order chi connectivity index (χ0) is 19.7. The van der Waals surface area contributed by atoms with E-state index in [-0.39, 0.29) is 11.8 Å². The fourth-order valence-electron chi connectivity index (χ4n) is 2.93. The van der Waals surface area contributed by atoms with Crippen molar-refractivity contribution in [3.05, 3.63) is 63.6 Å². The van der Waals surface area contributed by atoms with Crippen molar-refractivity contribution in [2.24, 2.45) is 0 Å². The lowest BCUT2D eigenvalue weighted by Crippen LogP contribution is -2.32. The van der Waals surface area contributed by atoms with Crippen molar-refractivity contribution in [3.8, 4) is 5.69 Å². The van der Waals surface area contributed by atoms with Gasteiger partial charge < -0.3 is 5.32 Å². The molecule has 0 unspecified atom stereocenters. The van der Waals surface area contributed by atoms with Crippen LogP contribution in [0.2, 0.25) is 0 Å². The third kappa shape index (κ3) is 3.59. The van der Waals surface area contributed by atoms with Crippen LogP contribution < -0.4 is 15.8 Å². The van der Waals surface area contributed by atoms with Crippen LogP contribution in [0.3, 0.4) is 0 Å². The van der Waals surface area contributed by atoms with Gasteiger partial charge in [0.25, 0.3) is 5.91 Å². The lowest BCUT2D eigenvalue weighted by molar-refractivity contribution is -0.119. The molecule has 0 saturated carbocycles. The first-order valence-corrected chi connectivity index (χ1v) is 9.31. The molecule has 4 N–H and O–H groups in total. The van der Waals surface area contributed by atoms with Gasteiger partial charge in [0.2, 0.25) is 5.91 Å². The Bertz CT molecular complexity index is 1130. The van der Waals surface area contributed by atoms with Crippen LogP contribution in [0.25, 0.3) is 5.69 Å². The molecule has 1 aliphatic heterocycles. The molecule has 1 aromatic heterocycles. The number of carbonyl (C=O) groups is 2. The zero-order valence-electron chi connectivity index (χ0n) is 14.6. The minimum atomic E-state index is -0.249. The van der Waals surface area contributed by atoms with Gasteiger partial charge in [-0.1, -0.05) is 6.07 Å². The summed E-state index contributed by atoms with van der Waals surface area (Å²) in [4.78, 5) is 24.0. The Labute approximate surface area is 170 Å². The average Bonchev–Trinajstić information content (AvgIpc) is 3.27. The number of amides is 2. The van der Waals surface area contributed by atoms with Crippen molar-refractivity contribution in [3.63, 3.8) is 0 Å². The van der Waals surface area contributed by atoms with Gasteiger partial charge in [-0.2, -0.15) is 0 Å². The number of carbonyl (C=O) groups excluding carboxylic acids is 2. The zero-order valence-corrected chi connectivity index (χ0v) is 16.2. The third-order valence-electron chi connectivity index (χ3n) is 4.31. The van der Waals surface area contributed by atoms with E-state index in [2.05, 4.69) is 20.9 Å². The Balaban J connectivity index is 1.51. The van der Waals surface area contributed by atoms with Gasteiger partial charge in [-0.05, 0) is 66.9 Å². The Hall–Kier alpha value is -3.24. The van der Waals surface area contributed by atoms with E-state index in [1.807, 2.05) is 18.2 Å². The highest BCUT2D eigenvalue weighted by Gasteiger charge is 2.18. The molecule has 0 aliphatic carbocycles. The van der Waals surface area contributed by atoms with Gasteiger partial charge in [0, 0.05) is 24.2 Å². The maximum atomic E-state index is 12.6. The predicted molar refractivity (Wildman–Crippen MR) is 111 cm³/mol. The van der Waals surface area contributed by atoms with E-state index >= 15 is 0 Å². The second kappa shape index (κ2) is 7.41. The maximum absolute atomic E-state index is 12.6. The van der Waals surface area contributed by atoms with E-state index < -0.39 is 0 Å². The highest BCUT2D eigenvalue weighted by molar-refractivity contribution is 7.72. The first-order chi connectivity index (χ1) is 13.5. The topological polar surface area (TPSA) is 97.9 Å². The van der Waals surface area contributed by atoms with Gasteiger partial charge >= 0.3 is 0 Å². The molecule has 0 bridgehead atoms. The lowest BCUT2D eigenvalue weighted by atomic mass is 10.1. The number of rotatable bonds is 4. The van der Waals surface area contributed by atoms with Gasteiger partial charge in [-0.15, -0.1) is 0 Å². The molecule has 142 valence electrons. The number of hydrazine groups is 1. The molecule has 2 amide bonds. The van der Waals surface area contributed by atoms with Crippen LogP contribution >= 0.6 is 24.4 Å². The number of aromatic amines is 2. The number of aromatic nitrogens is 3. The van der Waals surface area contributed by atoms with Crippen LogP contribution in [0.4, 0.5) is 11.4 Å². The summed E-state index contributed by atoms with van der Waals surface area (Å²) in [5, 5.41) is 10.2. The van der Waals surface area contributed by atoms with Crippen LogP contribution in [-0.2, 0) is 4.79 Å². The van der Waals surface area contributed by atoms with Gasteiger partial charge in [-0.3, -0.25) is 34.8 Å². The number of hydrogen-bond acceptors (Lipinski definition) is 5. The molecular formula is C18H16N6O2S2.